The van der Waals surface area contributed by atoms with Crippen LogP contribution in [0.1, 0.15) is 33.6 Å². The second kappa shape index (κ2) is 8.62. The number of hydrogen-bond acceptors (Lipinski definition) is 3. The molecule has 0 saturated heterocycles. The summed E-state index contributed by atoms with van der Waals surface area (Å²) in [5.74, 6) is -0.580. The van der Waals surface area contributed by atoms with Crippen molar-refractivity contribution >= 4 is 12.2 Å². The smallest absolute Gasteiger partial charge is 0.418 e. The molecule has 0 aliphatic rings. The van der Waals surface area contributed by atoms with Crippen LogP contribution in [0.3, 0.4) is 0 Å². The molecule has 0 amide bonds. The molecule has 0 aliphatic heterocycles. The first-order chi connectivity index (χ1) is 7.56. The summed E-state index contributed by atoms with van der Waals surface area (Å²) in [6.45, 7) is 6.39. The third-order valence-electron chi connectivity index (χ3n) is 1.92. The van der Waals surface area contributed by atoms with Gasteiger partial charge in [-0.25, -0.2) is 4.79 Å². The molecule has 0 aromatic heterocycles. The average Bonchev–Trinajstić information content (AvgIpc) is 2.17. The predicted molar refractivity (Wildman–Crippen MR) is 62.4 cm³/mol. The van der Waals surface area contributed by atoms with Gasteiger partial charge in [-0.2, -0.15) is 0 Å². The van der Waals surface area contributed by atoms with E-state index in [1.165, 1.54) is 11.1 Å². The summed E-state index contributed by atoms with van der Waals surface area (Å²) in [5, 5.41) is 0. The highest BCUT2D eigenvalue weighted by Crippen LogP contribution is 2.06. The number of hydrogen-bond donors (Lipinski definition) is 1. The van der Waals surface area contributed by atoms with E-state index in [0.717, 1.165) is 19.1 Å². The van der Waals surface area contributed by atoms with Gasteiger partial charge in [0.1, 0.15) is 6.61 Å². The number of esters is 1. The van der Waals surface area contributed by atoms with Gasteiger partial charge < -0.3 is 4.74 Å². The van der Waals surface area contributed by atoms with Crippen LogP contribution in [0.25, 0.3) is 0 Å². The van der Waals surface area contributed by atoms with Gasteiger partial charge in [-0.05, 0) is 39.7 Å². The molecule has 88 valence electrons. The summed E-state index contributed by atoms with van der Waals surface area (Å²) in [5.41, 5.74) is 8.93. The van der Waals surface area contributed by atoms with Gasteiger partial charge in [0.2, 0.25) is 0 Å². The molecule has 0 unspecified atom stereocenters. The van der Waals surface area contributed by atoms with Crippen molar-refractivity contribution in [3.63, 3.8) is 0 Å². The molecular weight excluding hydrogens is 204 g/mol. The molecular formula is C12H19N2O2+. The summed E-state index contributed by atoms with van der Waals surface area (Å²) in [6.07, 6.45) is 6.86. The summed E-state index contributed by atoms with van der Waals surface area (Å²) in [4.78, 5) is 13.6. The van der Waals surface area contributed by atoms with E-state index in [0.29, 0.717) is 0 Å². The number of carbonyl (C=O) groups is 1. The second-order valence-corrected chi connectivity index (χ2v) is 3.76. The molecule has 0 rings (SSSR count). The Kier molecular flexibility index (Phi) is 7.72. The summed E-state index contributed by atoms with van der Waals surface area (Å²) in [6, 6.07) is 0. The number of rotatable bonds is 6. The quantitative estimate of drug-likeness (QED) is 0.247. The fraction of sp³-hybridized carbons (Fsp3) is 0.500. The Labute approximate surface area is 96.2 Å². The number of nitrogens with one attached hydrogen (secondary N) is 1. The molecule has 0 heterocycles. The third-order valence-corrected chi connectivity index (χ3v) is 1.92. The third kappa shape index (κ3) is 8.91. The highest BCUT2D eigenvalue weighted by atomic mass is 16.5. The van der Waals surface area contributed by atoms with Crippen molar-refractivity contribution in [1.82, 2.24) is 0 Å². The topological polar surface area (TPSA) is 64.2 Å². The number of nitrogens with zero attached hydrogens (tertiary/aromatic N) is 1. The molecule has 4 heteroatoms. The van der Waals surface area contributed by atoms with Gasteiger partial charge in [-0.1, -0.05) is 17.2 Å². The lowest BCUT2D eigenvalue weighted by atomic mass is 10.1. The number of carbonyl (C=O) groups excluding carboxylic acids is 1. The number of allylic oxidation sites excluding steroid dienone is 3. The fourth-order valence-corrected chi connectivity index (χ4v) is 1.05. The first-order valence-electron chi connectivity index (χ1n) is 5.21. The molecule has 0 radical (unpaired) electrons. The van der Waals surface area contributed by atoms with Crippen molar-refractivity contribution in [1.29, 1.82) is 5.53 Å². The average molecular weight is 223 g/mol. The Morgan fingerprint density at radius 2 is 2.00 bits per heavy atom. The van der Waals surface area contributed by atoms with E-state index in [1.807, 2.05) is 13.0 Å². The molecule has 0 saturated carbocycles. The maximum absolute atomic E-state index is 10.8. The SMILES string of the molecule is CC(C)=CCC/C(C)=C/COC(=O)C=[N+]=N. The predicted octanol–water partition coefficient (Wildman–Crippen LogP) is 2.53. The lowest BCUT2D eigenvalue weighted by molar-refractivity contribution is -0.147. The van der Waals surface area contributed by atoms with Crippen LogP contribution < -0.4 is 0 Å². The highest BCUT2D eigenvalue weighted by molar-refractivity contribution is 6.20. The van der Waals surface area contributed by atoms with Crippen molar-refractivity contribution < 1.29 is 14.3 Å². The summed E-state index contributed by atoms with van der Waals surface area (Å²) < 4.78 is 4.78. The van der Waals surface area contributed by atoms with Gasteiger partial charge in [0.05, 0.1) is 10.3 Å². The molecule has 16 heavy (non-hydrogen) atoms. The van der Waals surface area contributed by atoms with Gasteiger partial charge in [0.25, 0.3) is 0 Å². The fourth-order valence-electron chi connectivity index (χ4n) is 1.05. The molecule has 1 N–H and O–H groups in total. The minimum Gasteiger partial charge on any atom is -0.453 e. The molecule has 0 atom stereocenters. The largest absolute Gasteiger partial charge is 0.453 e. The highest BCUT2D eigenvalue weighted by Gasteiger charge is 2.02. The van der Waals surface area contributed by atoms with Crippen LogP contribution in [0.5, 0.6) is 0 Å². The maximum atomic E-state index is 10.8. The lowest BCUT2D eigenvalue weighted by Gasteiger charge is -1.99. The van der Waals surface area contributed by atoms with Crippen LogP contribution in [-0.4, -0.2) is 23.6 Å². The molecule has 0 aliphatic carbocycles. The second-order valence-electron chi connectivity index (χ2n) is 3.76. The first-order valence-corrected chi connectivity index (χ1v) is 5.21. The maximum Gasteiger partial charge on any atom is 0.418 e. The Hall–Kier alpha value is -1.67. The standard InChI is InChI=1S/C12H19N2O2/c1-10(2)5-4-6-11(3)7-8-16-12(15)9-14-13/h5,7,9,13H,4,6,8H2,1-3H3/q+1/b11-7+. The van der Waals surface area contributed by atoms with Crippen molar-refractivity contribution in [3.8, 4) is 0 Å². The number of ether oxygens (including phenoxy) is 1. The molecule has 0 spiro atoms. The Bertz CT molecular complexity index is 333. The zero-order valence-corrected chi connectivity index (χ0v) is 10.1. The summed E-state index contributed by atoms with van der Waals surface area (Å²) >= 11 is 0. The van der Waals surface area contributed by atoms with Gasteiger partial charge >= 0.3 is 12.2 Å². The van der Waals surface area contributed by atoms with Crippen LogP contribution in [0.15, 0.2) is 23.3 Å². The minimum absolute atomic E-state index is 0.242. The van der Waals surface area contributed by atoms with E-state index in [4.69, 9.17) is 10.3 Å². The molecule has 0 aromatic carbocycles. The minimum atomic E-state index is -0.580. The van der Waals surface area contributed by atoms with Gasteiger partial charge in [0, 0.05) is 0 Å². The normalized spacial score (nSPS) is 10.3. The van der Waals surface area contributed by atoms with E-state index >= 15 is 0 Å². The van der Waals surface area contributed by atoms with Crippen molar-refractivity contribution in [2.75, 3.05) is 6.61 Å². The van der Waals surface area contributed by atoms with E-state index < -0.39 is 5.97 Å². The summed E-state index contributed by atoms with van der Waals surface area (Å²) in [7, 11) is 0. The molecule has 0 aromatic rings. The van der Waals surface area contributed by atoms with Gasteiger partial charge in [-0.3, -0.25) is 0 Å². The van der Waals surface area contributed by atoms with Crippen molar-refractivity contribution in [2.45, 2.75) is 33.6 Å². The Morgan fingerprint density at radius 3 is 2.56 bits per heavy atom. The van der Waals surface area contributed by atoms with Crippen molar-refractivity contribution in [2.24, 2.45) is 0 Å². The lowest BCUT2D eigenvalue weighted by Crippen LogP contribution is -2.06. The zero-order valence-electron chi connectivity index (χ0n) is 10.1. The molecule has 4 nitrogen and oxygen atoms in total. The van der Waals surface area contributed by atoms with E-state index in [-0.39, 0.29) is 6.61 Å². The van der Waals surface area contributed by atoms with Crippen LogP contribution >= 0.6 is 0 Å². The first kappa shape index (κ1) is 14.3. The Morgan fingerprint density at radius 1 is 1.31 bits per heavy atom. The van der Waals surface area contributed by atoms with Crippen LogP contribution in [0, 0.1) is 5.53 Å². The van der Waals surface area contributed by atoms with E-state index in [1.54, 1.807) is 0 Å². The van der Waals surface area contributed by atoms with E-state index in [2.05, 4.69) is 24.7 Å². The van der Waals surface area contributed by atoms with Crippen molar-refractivity contribution in [3.05, 3.63) is 23.3 Å². The molecule has 0 bridgehead atoms. The van der Waals surface area contributed by atoms with Crippen LogP contribution in [0.2, 0.25) is 0 Å². The Balaban J connectivity index is 3.83. The van der Waals surface area contributed by atoms with Gasteiger partial charge in [-0.15, -0.1) is 0 Å². The molecule has 0 fully saturated rings. The van der Waals surface area contributed by atoms with Crippen LogP contribution in [-0.2, 0) is 9.53 Å². The zero-order chi connectivity index (χ0) is 12.4. The monoisotopic (exact) mass is 223 g/mol. The van der Waals surface area contributed by atoms with Crippen LogP contribution in [0.4, 0.5) is 0 Å². The van der Waals surface area contributed by atoms with E-state index in [9.17, 15) is 4.79 Å². The van der Waals surface area contributed by atoms with Gasteiger partial charge in [0.15, 0.2) is 0 Å².